The number of fused-ring (bicyclic) bond motifs is 1. The lowest BCUT2D eigenvalue weighted by molar-refractivity contribution is 0.0819. The van der Waals surface area contributed by atoms with Crippen LogP contribution < -0.4 is 4.74 Å². The third-order valence-corrected chi connectivity index (χ3v) is 3.77. The van der Waals surface area contributed by atoms with Crippen LogP contribution in [0.1, 0.15) is 52.2 Å². The van der Waals surface area contributed by atoms with Gasteiger partial charge in [0.05, 0.1) is 0 Å². The first kappa shape index (κ1) is 12.9. The molecular formula is C15H21BrO. The number of hydrogen-bond acceptors (Lipinski definition) is 1. The molecule has 2 heteroatoms. The van der Waals surface area contributed by atoms with Gasteiger partial charge in [-0.05, 0) is 49.8 Å². The lowest BCUT2D eigenvalue weighted by Crippen LogP contribution is -2.34. The van der Waals surface area contributed by atoms with E-state index in [9.17, 15) is 0 Å². The highest BCUT2D eigenvalue weighted by Gasteiger charge is 2.31. The summed E-state index contributed by atoms with van der Waals surface area (Å²) >= 11 is 3.61. The average molecular weight is 297 g/mol. The second-order valence-corrected chi connectivity index (χ2v) is 7.47. The van der Waals surface area contributed by atoms with Gasteiger partial charge in [-0.1, -0.05) is 36.7 Å². The lowest BCUT2D eigenvalue weighted by atomic mass is 9.82. The van der Waals surface area contributed by atoms with Gasteiger partial charge in [0.1, 0.15) is 11.4 Å². The van der Waals surface area contributed by atoms with E-state index in [1.54, 1.807) is 0 Å². The van der Waals surface area contributed by atoms with Gasteiger partial charge in [-0.3, -0.25) is 0 Å². The van der Waals surface area contributed by atoms with E-state index in [2.05, 4.69) is 62.7 Å². The van der Waals surface area contributed by atoms with Gasteiger partial charge in [0.25, 0.3) is 0 Å². The van der Waals surface area contributed by atoms with Crippen LogP contribution in [0.3, 0.4) is 0 Å². The van der Waals surface area contributed by atoms with Gasteiger partial charge in [0, 0.05) is 10.0 Å². The van der Waals surface area contributed by atoms with E-state index >= 15 is 0 Å². The Morgan fingerprint density at radius 1 is 1.24 bits per heavy atom. The highest BCUT2D eigenvalue weighted by Crippen LogP contribution is 2.42. The topological polar surface area (TPSA) is 9.23 Å². The maximum atomic E-state index is 6.21. The second-order valence-electron chi connectivity index (χ2n) is 6.55. The quantitative estimate of drug-likeness (QED) is 0.665. The molecule has 17 heavy (non-hydrogen) atoms. The number of halogens is 1. The molecule has 0 atom stereocenters. The van der Waals surface area contributed by atoms with Gasteiger partial charge in [-0.25, -0.2) is 0 Å². The number of aryl methyl sites for hydroxylation is 1. The van der Waals surface area contributed by atoms with Crippen molar-refractivity contribution in [2.45, 2.75) is 58.5 Å². The van der Waals surface area contributed by atoms with E-state index in [1.165, 1.54) is 11.1 Å². The van der Waals surface area contributed by atoms with E-state index in [1.807, 2.05) is 0 Å². The normalized spacial score (nSPS) is 18.5. The molecule has 1 aliphatic rings. The Bertz CT molecular complexity index is 441. The van der Waals surface area contributed by atoms with Crippen molar-refractivity contribution >= 4 is 15.9 Å². The van der Waals surface area contributed by atoms with E-state index in [0.717, 1.165) is 23.1 Å². The van der Waals surface area contributed by atoms with Crippen LogP contribution in [-0.4, -0.2) is 5.60 Å². The standard InChI is InChI=1S/C15H21BrO/c1-14(2,3)12-9-11(16)8-10-6-7-15(4,5)17-13(10)12/h8-9H,6-7H2,1-5H3. The van der Waals surface area contributed by atoms with Gasteiger partial charge < -0.3 is 4.74 Å². The minimum absolute atomic E-state index is 0.0408. The first-order valence-electron chi connectivity index (χ1n) is 6.21. The summed E-state index contributed by atoms with van der Waals surface area (Å²) in [6.45, 7) is 11.1. The Hall–Kier alpha value is -0.500. The molecule has 1 nitrogen and oxygen atoms in total. The Kier molecular flexibility index (Phi) is 3.05. The fourth-order valence-electron chi connectivity index (χ4n) is 2.28. The van der Waals surface area contributed by atoms with Crippen molar-refractivity contribution in [3.05, 3.63) is 27.7 Å². The molecule has 0 spiro atoms. The predicted molar refractivity (Wildman–Crippen MR) is 75.9 cm³/mol. The van der Waals surface area contributed by atoms with E-state index < -0.39 is 0 Å². The van der Waals surface area contributed by atoms with Gasteiger partial charge in [0.15, 0.2) is 0 Å². The van der Waals surface area contributed by atoms with Crippen LogP contribution in [0.2, 0.25) is 0 Å². The van der Waals surface area contributed by atoms with Crippen LogP contribution in [0.4, 0.5) is 0 Å². The van der Waals surface area contributed by atoms with Crippen molar-refractivity contribution in [3.63, 3.8) is 0 Å². The van der Waals surface area contributed by atoms with Crippen molar-refractivity contribution in [3.8, 4) is 5.75 Å². The minimum Gasteiger partial charge on any atom is -0.487 e. The molecule has 0 aromatic heterocycles. The summed E-state index contributed by atoms with van der Waals surface area (Å²) in [6, 6.07) is 4.39. The summed E-state index contributed by atoms with van der Waals surface area (Å²) in [5.74, 6) is 1.11. The average Bonchev–Trinajstić information content (AvgIpc) is 2.15. The van der Waals surface area contributed by atoms with Crippen LogP contribution in [0.5, 0.6) is 5.75 Å². The number of hydrogen-bond donors (Lipinski definition) is 0. The molecule has 1 heterocycles. The van der Waals surface area contributed by atoms with Crippen molar-refractivity contribution in [1.29, 1.82) is 0 Å². The molecule has 1 aliphatic heterocycles. The number of rotatable bonds is 0. The maximum absolute atomic E-state index is 6.21. The Morgan fingerprint density at radius 2 is 1.88 bits per heavy atom. The molecule has 0 saturated heterocycles. The van der Waals surface area contributed by atoms with Gasteiger partial charge in [-0.2, -0.15) is 0 Å². The zero-order chi connectivity index (χ0) is 12.8. The monoisotopic (exact) mass is 296 g/mol. The summed E-state index contributed by atoms with van der Waals surface area (Å²) < 4.78 is 7.37. The second kappa shape index (κ2) is 4.01. The molecule has 1 aromatic rings. The molecule has 0 amide bonds. The number of benzene rings is 1. The smallest absolute Gasteiger partial charge is 0.127 e. The summed E-state index contributed by atoms with van der Waals surface area (Å²) in [5, 5.41) is 0. The molecule has 0 saturated carbocycles. The van der Waals surface area contributed by atoms with Gasteiger partial charge >= 0.3 is 0 Å². The first-order valence-corrected chi connectivity index (χ1v) is 7.00. The van der Waals surface area contributed by atoms with Gasteiger partial charge in [-0.15, -0.1) is 0 Å². The van der Waals surface area contributed by atoms with Gasteiger partial charge in [0.2, 0.25) is 0 Å². The van der Waals surface area contributed by atoms with Crippen molar-refractivity contribution in [2.75, 3.05) is 0 Å². The van der Waals surface area contributed by atoms with E-state index in [-0.39, 0.29) is 11.0 Å². The summed E-state index contributed by atoms with van der Waals surface area (Å²) in [4.78, 5) is 0. The fraction of sp³-hybridized carbons (Fsp3) is 0.600. The molecule has 2 rings (SSSR count). The van der Waals surface area contributed by atoms with Crippen LogP contribution >= 0.6 is 15.9 Å². The van der Waals surface area contributed by atoms with Crippen LogP contribution in [0.25, 0.3) is 0 Å². The third kappa shape index (κ3) is 2.67. The van der Waals surface area contributed by atoms with Crippen LogP contribution in [-0.2, 0) is 11.8 Å². The predicted octanol–water partition coefficient (Wildman–Crippen LogP) is 4.85. The highest BCUT2D eigenvalue weighted by atomic mass is 79.9. The molecule has 94 valence electrons. The van der Waals surface area contributed by atoms with Crippen molar-refractivity contribution < 1.29 is 4.74 Å². The minimum atomic E-state index is -0.0408. The van der Waals surface area contributed by atoms with Crippen LogP contribution in [0, 0.1) is 0 Å². The Morgan fingerprint density at radius 3 is 2.47 bits per heavy atom. The zero-order valence-electron chi connectivity index (χ0n) is 11.4. The summed E-state index contributed by atoms with van der Waals surface area (Å²) in [6.07, 6.45) is 2.19. The molecule has 0 fully saturated rings. The molecule has 0 N–H and O–H groups in total. The highest BCUT2D eigenvalue weighted by molar-refractivity contribution is 9.10. The first-order chi connectivity index (χ1) is 7.69. The Balaban J connectivity index is 2.58. The lowest BCUT2D eigenvalue weighted by Gasteiger charge is -2.36. The zero-order valence-corrected chi connectivity index (χ0v) is 12.9. The molecular weight excluding hydrogens is 276 g/mol. The maximum Gasteiger partial charge on any atom is 0.127 e. The molecule has 0 bridgehead atoms. The van der Waals surface area contributed by atoms with Crippen molar-refractivity contribution in [1.82, 2.24) is 0 Å². The summed E-state index contributed by atoms with van der Waals surface area (Å²) in [5.41, 5.74) is 2.71. The fourth-order valence-corrected chi connectivity index (χ4v) is 2.78. The third-order valence-electron chi connectivity index (χ3n) is 3.31. The van der Waals surface area contributed by atoms with Crippen molar-refractivity contribution in [2.24, 2.45) is 0 Å². The number of ether oxygens (including phenoxy) is 1. The molecule has 1 aromatic carbocycles. The Labute approximate surface area is 113 Å². The molecule has 0 unspecified atom stereocenters. The largest absolute Gasteiger partial charge is 0.487 e. The SMILES string of the molecule is CC1(C)CCc2cc(Br)cc(C(C)(C)C)c2O1. The van der Waals surface area contributed by atoms with E-state index in [0.29, 0.717) is 0 Å². The van der Waals surface area contributed by atoms with E-state index in [4.69, 9.17) is 4.74 Å². The molecule has 0 radical (unpaired) electrons. The molecule has 0 aliphatic carbocycles. The summed E-state index contributed by atoms with van der Waals surface area (Å²) in [7, 11) is 0. The van der Waals surface area contributed by atoms with Crippen LogP contribution in [0.15, 0.2) is 16.6 Å².